The van der Waals surface area contributed by atoms with Crippen molar-refractivity contribution >= 4 is 32.1 Å². The molecule has 0 saturated carbocycles. The SMILES string of the molecule is Cc1ccccc1-c1nn2c(=O)cc(N3CCN(S(=O)(=O)c4ccccc4C)CC3)nc2s1. The van der Waals surface area contributed by atoms with E-state index in [1.165, 1.54) is 26.2 Å². The maximum absolute atomic E-state index is 13.1. The maximum atomic E-state index is 13.1. The van der Waals surface area contributed by atoms with Crippen LogP contribution in [-0.2, 0) is 10.0 Å². The average molecular weight is 482 g/mol. The first-order valence-electron chi connectivity index (χ1n) is 10.6. The number of piperazine rings is 1. The third kappa shape index (κ3) is 3.94. The minimum absolute atomic E-state index is 0.249. The molecule has 0 N–H and O–H groups in total. The van der Waals surface area contributed by atoms with Gasteiger partial charge >= 0.3 is 0 Å². The fourth-order valence-corrected chi connectivity index (χ4v) is 6.66. The van der Waals surface area contributed by atoms with Crippen LogP contribution in [0.5, 0.6) is 0 Å². The zero-order valence-corrected chi connectivity index (χ0v) is 19.9. The lowest BCUT2D eigenvalue weighted by Gasteiger charge is -2.34. The highest BCUT2D eigenvalue weighted by Crippen LogP contribution is 2.28. The van der Waals surface area contributed by atoms with E-state index in [4.69, 9.17) is 0 Å². The summed E-state index contributed by atoms with van der Waals surface area (Å²) in [5.41, 5.74) is 2.54. The minimum Gasteiger partial charge on any atom is -0.354 e. The fraction of sp³-hybridized carbons (Fsp3) is 0.261. The lowest BCUT2D eigenvalue weighted by atomic mass is 10.1. The highest BCUT2D eigenvalue weighted by Gasteiger charge is 2.30. The monoisotopic (exact) mass is 481 g/mol. The van der Waals surface area contributed by atoms with Crippen LogP contribution in [0.25, 0.3) is 15.5 Å². The Hall–Kier alpha value is -3.08. The smallest absolute Gasteiger partial charge is 0.277 e. The summed E-state index contributed by atoms with van der Waals surface area (Å²) in [5.74, 6) is 0.549. The normalized spacial score (nSPS) is 15.3. The lowest BCUT2D eigenvalue weighted by Crippen LogP contribution is -2.49. The second kappa shape index (κ2) is 8.36. The van der Waals surface area contributed by atoms with Gasteiger partial charge in [0, 0.05) is 37.8 Å². The van der Waals surface area contributed by atoms with Gasteiger partial charge in [-0.3, -0.25) is 4.79 Å². The molecule has 2 aromatic heterocycles. The third-order valence-electron chi connectivity index (χ3n) is 5.88. The summed E-state index contributed by atoms with van der Waals surface area (Å²) in [6.45, 7) is 5.38. The highest BCUT2D eigenvalue weighted by molar-refractivity contribution is 7.89. The number of rotatable bonds is 4. The topological polar surface area (TPSA) is 87.9 Å². The predicted octanol–water partition coefficient (Wildman–Crippen LogP) is 2.95. The Kier molecular flexibility index (Phi) is 5.51. The molecule has 2 aromatic carbocycles. The van der Waals surface area contributed by atoms with E-state index < -0.39 is 10.0 Å². The summed E-state index contributed by atoms with van der Waals surface area (Å²) in [6, 6.07) is 16.4. The summed E-state index contributed by atoms with van der Waals surface area (Å²) < 4.78 is 29.0. The van der Waals surface area contributed by atoms with Crippen molar-refractivity contribution in [2.24, 2.45) is 0 Å². The van der Waals surface area contributed by atoms with Gasteiger partial charge in [-0.1, -0.05) is 53.8 Å². The van der Waals surface area contributed by atoms with E-state index >= 15 is 0 Å². The molecule has 0 atom stereocenters. The van der Waals surface area contributed by atoms with Crippen LogP contribution in [-0.4, -0.2) is 53.5 Å². The van der Waals surface area contributed by atoms with Gasteiger partial charge in [-0.05, 0) is 31.0 Å². The molecule has 0 radical (unpaired) electrons. The molecule has 5 rings (SSSR count). The first kappa shape index (κ1) is 21.7. The van der Waals surface area contributed by atoms with Crippen molar-refractivity contribution in [1.29, 1.82) is 0 Å². The minimum atomic E-state index is -3.56. The van der Waals surface area contributed by atoms with Gasteiger partial charge < -0.3 is 4.90 Å². The van der Waals surface area contributed by atoms with Gasteiger partial charge in [0.25, 0.3) is 5.56 Å². The van der Waals surface area contributed by atoms with Crippen molar-refractivity contribution in [2.45, 2.75) is 18.7 Å². The Labute approximate surface area is 195 Å². The number of anilines is 1. The van der Waals surface area contributed by atoms with Crippen molar-refractivity contribution in [3.8, 4) is 10.6 Å². The molecular weight excluding hydrogens is 458 g/mol. The van der Waals surface area contributed by atoms with Gasteiger partial charge in [-0.25, -0.2) is 13.4 Å². The number of hydrogen-bond donors (Lipinski definition) is 0. The van der Waals surface area contributed by atoms with E-state index in [9.17, 15) is 13.2 Å². The molecule has 170 valence electrons. The number of fused-ring (bicyclic) bond motifs is 1. The van der Waals surface area contributed by atoms with E-state index in [1.54, 1.807) is 25.1 Å². The van der Waals surface area contributed by atoms with E-state index in [0.717, 1.165) is 21.7 Å². The van der Waals surface area contributed by atoms with Crippen molar-refractivity contribution in [1.82, 2.24) is 18.9 Å². The van der Waals surface area contributed by atoms with Crippen molar-refractivity contribution < 1.29 is 8.42 Å². The van der Waals surface area contributed by atoms with Gasteiger partial charge in [-0.2, -0.15) is 13.9 Å². The van der Waals surface area contributed by atoms with E-state index in [1.807, 2.05) is 42.2 Å². The first-order chi connectivity index (χ1) is 15.8. The number of aromatic nitrogens is 3. The van der Waals surface area contributed by atoms with Gasteiger partial charge in [0.1, 0.15) is 10.8 Å². The fourth-order valence-electron chi connectivity index (χ4n) is 4.03. The van der Waals surface area contributed by atoms with Crippen molar-refractivity contribution in [2.75, 3.05) is 31.1 Å². The molecule has 0 amide bonds. The van der Waals surface area contributed by atoms with Crippen LogP contribution in [0.1, 0.15) is 11.1 Å². The van der Waals surface area contributed by atoms with Crippen LogP contribution >= 0.6 is 11.3 Å². The van der Waals surface area contributed by atoms with E-state index in [2.05, 4.69) is 10.1 Å². The molecule has 0 spiro atoms. The van der Waals surface area contributed by atoms with Crippen LogP contribution in [0.15, 0.2) is 64.3 Å². The molecule has 33 heavy (non-hydrogen) atoms. The van der Waals surface area contributed by atoms with Crippen LogP contribution in [0.3, 0.4) is 0 Å². The number of sulfonamides is 1. The molecule has 1 aliphatic rings. The molecule has 0 bridgehead atoms. The standard InChI is InChI=1S/C23H23N5O3S2/c1-16-7-3-5-9-18(16)22-25-28-21(29)15-20(24-23(28)32-22)26-11-13-27(14-12-26)33(30,31)19-10-6-4-8-17(19)2/h3-10,15H,11-14H2,1-2H3. The number of hydrogen-bond acceptors (Lipinski definition) is 7. The third-order valence-corrected chi connectivity index (χ3v) is 8.88. The van der Waals surface area contributed by atoms with Crippen molar-refractivity contribution in [3.05, 3.63) is 76.1 Å². The molecule has 3 heterocycles. The maximum Gasteiger partial charge on any atom is 0.277 e. The van der Waals surface area contributed by atoms with Crippen LogP contribution < -0.4 is 10.5 Å². The van der Waals surface area contributed by atoms with E-state index in [-0.39, 0.29) is 5.56 Å². The zero-order chi connectivity index (χ0) is 23.2. The molecular formula is C23H23N5O3S2. The quantitative estimate of drug-likeness (QED) is 0.445. The summed E-state index contributed by atoms with van der Waals surface area (Å²) in [6.07, 6.45) is 0. The Morgan fingerprint density at radius 2 is 1.58 bits per heavy atom. The highest BCUT2D eigenvalue weighted by atomic mass is 32.2. The molecule has 8 nitrogen and oxygen atoms in total. The van der Waals surface area contributed by atoms with Gasteiger partial charge in [0.2, 0.25) is 15.0 Å². The van der Waals surface area contributed by atoms with Gasteiger partial charge in [0.15, 0.2) is 0 Å². The summed E-state index contributed by atoms with van der Waals surface area (Å²) >= 11 is 1.37. The summed E-state index contributed by atoms with van der Waals surface area (Å²) in [4.78, 5) is 20.2. The molecule has 1 aliphatic heterocycles. The Morgan fingerprint density at radius 3 is 2.27 bits per heavy atom. The number of aryl methyl sites for hydroxylation is 2. The Bertz CT molecular complexity index is 1500. The first-order valence-corrected chi connectivity index (χ1v) is 12.9. The Morgan fingerprint density at radius 1 is 0.909 bits per heavy atom. The van der Waals surface area contributed by atoms with E-state index in [0.29, 0.717) is 41.9 Å². The molecule has 0 aliphatic carbocycles. The average Bonchev–Trinajstić information content (AvgIpc) is 3.24. The lowest BCUT2D eigenvalue weighted by molar-refractivity contribution is 0.383. The molecule has 10 heteroatoms. The van der Waals surface area contributed by atoms with Gasteiger partial charge in [0.05, 0.1) is 4.90 Å². The largest absolute Gasteiger partial charge is 0.354 e. The zero-order valence-electron chi connectivity index (χ0n) is 18.3. The van der Waals surface area contributed by atoms with Gasteiger partial charge in [-0.15, -0.1) is 0 Å². The predicted molar refractivity (Wildman–Crippen MR) is 129 cm³/mol. The van der Waals surface area contributed by atoms with Crippen LogP contribution in [0.4, 0.5) is 5.82 Å². The second-order valence-electron chi connectivity index (χ2n) is 8.03. The molecule has 1 fully saturated rings. The molecule has 0 unspecified atom stereocenters. The summed E-state index contributed by atoms with van der Waals surface area (Å²) in [5, 5.41) is 5.21. The number of nitrogens with zero attached hydrogens (tertiary/aromatic N) is 5. The van der Waals surface area contributed by atoms with Crippen LogP contribution in [0, 0.1) is 13.8 Å². The summed E-state index contributed by atoms with van der Waals surface area (Å²) in [7, 11) is -3.56. The van der Waals surface area contributed by atoms with Crippen molar-refractivity contribution in [3.63, 3.8) is 0 Å². The van der Waals surface area contributed by atoms with Crippen LogP contribution in [0.2, 0.25) is 0 Å². The Balaban J connectivity index is 1.39. The number of benzene rings is 2. The molecule has 4 aromatic rings. The second-order valence-corrected chi connectivity index (χ2v) is 10.9. The molecule has 1 saturated heterocycles.